The maximum absolute atomic E-state index is 12.2. The summed E-state index contributed by atoms with van der Waals surface area (Å²) in [6.45, 7) is 1.92. The molecule has 0 aliphatic carbocycles. The number of aryl methyl sites for hydroxylation is 1. The zero-order valence-corrected chi connectivity index (χ0v) is 10.5. The van der Waals surface area contributed by atoms with E-state index in [-0.39, 0.29) is 5.76 Å². The number of hydrogen-bond acceptors (Lipinski definition) is 2. The van der Waals surface area contributed by atoms with Crippen molar-refractivity contribution in [1.29, 1.82) is 0 Å². The first kappa shape index (κ1) is 13.8. The average Bonchev–Trinajstić information content (AvgIpc) is 2.28. The van der Waals surface area contributed by atoms with Crippen LogP contribution in [0.15, 0.2) is 40.3 Å². The highest BCUT2D eigenvalue weighted by atomic mass is 32.2. The molecule has 0 radical (unpaired) electrons. The molecule has 1 aromatic carbocycles. The molecule has 5 heteroatoms. The number of hydrogen-bond donors (Lipinski definition) is 0. The molecule has 0 aliphatic rings. The molecule has 0 fully saturated rings. The molecule has 0 unspecified atom stereocenters. The highest BCUT2D eigenvalue weighted by Gasteiger charge is 2.10. The van der Waals surface area contributed by atoms with E-state index < -0.39 is 23.6 Å². The second kappa shape index (κ2) is 6.49. The van der Waals surface area contributed by atoms with Crippen LogP contribution in [0.25, 0.3) is 0 Å². The maximum atomic E-state index is 12.2. The van der Waals surface area contributed by atoms with E-state index in [2.05, 4.69) is 0 Å². The Morgan fingerprint density at radius 3 is 2.47 bits per heavy atom. The highest BCUT2D eigenvalue weighted by Crippen LogP contribution is 2.15. The molecule has 1 rings (SSSR count). The van der Waals surface area contributed by atoms with Crippen molar-refractivity contribution in [3.05, 3.63) is 41.0 Å². The second-order valence-electron chi connectivity index (χ2n) is 3.49. The molecule has 1 atom stereocenters. The van der Waals surface area contributed by atoms with E-state index >= 15 is 0 Å². The summed E-state index contributed by atoms with van der Waals surface area (Å²) in [6, 6.07) is 7.05. The van der Waals surface area contributed by atoms with Gasteiger partial charge in [0.25, 0.3) is 0 Å². The number of benzene rings is 1. The van der Waals surface area contributed by atoms with Gasteiger partial charge in [0.1, 0.15) is 5.76 Å². The number of ether oxygens (including phenoxy) is 1. The Labute approximate surface area is 102 Å². The minimum Gasteiger partial charge on any atom is -0.500 e. The summed E-state index contributed by atoms with van der Waals surface area (Å²) in [5.41, 5.74) is 1.05. The minimum atomic E-state index is -2.50. The fourth-order valence-electron chi connectivity index (χ4n) is 1.19. The van der Waals surface area contributed by atoms with Gasteiger partial charge in [-0.1, -0.05) is 17.7 Å². The summed E-state index contributed by atoms with van der Waals surface area (Å²) in [6.07, 6.45) is -3.02. The molecule has 0 N–H and O–H groups in total. The van der Waals surface area contributed by atoms with Gasteiger partial charge >= 0.3 is 0 Å². The van der Waals surface area contributed by atoms with Crippen molar-refractivity contribution in [2.24, 2.45) is 0 Å². The van der Waals surface area contributed by atoms with E-state index in [4.69, 9.17) is 4.74 Å². The Morgan fingerprint density at radius 1 is 1.41 bits per heavy atom. The summed E-state index contributed by atoms with van der Waals surface area (Å²) in [5, 5.41) is 1.22. The standard InChI is InChI=1S/C12H14F2O2S/c1-9-3-5-11(6-4-9)17(15)8-10(16-2)7-12(13)14/h3-6,8,12H,7H2,1-2H3/b10-8-/t17-/m1/s1. The van der Waals surface area contributed by atoms with Crippen LogP contribution in [0.5, 0.6) is 0 Å². The van der Waals surface area contributed by atoms with Gasteiger partial charge in [0.05, 0.1) is 24.3 Å². The van der Waals surface area contributed by atoms with Crippen molar-refractivity contribution >= 4 is 10.8 Å². The number of rotatable bonds is 5. The zero-order chi connectivity index (χ0) is 12.8. The van der Waals surface area contributed by atoms with Crippen molar-refractivity contribution in [3.63, 3.8) is 0 Å². The third-order valence-electron chi connectivity index (χ3n) is 2.11. The third-order valence-corrected chi connectivity index (χ3v) is 3.32. The predicted octanol–water partition coefficient (Wildman–Crippen LogP) is 3.25. The average molecular weight is 260 g/mol. The Morgan fingerprint density at radius 2 is 2.00 bits per heavy atom. The topological polar surface area (TPSA) is 26.3 Å². The quantitative estimate of drug-likeness (QED) is 0.760. The first-order valence-corrected chi connectivity index (χ1v) is 6.24. The van der Waals surface area contributed by atoms with Gasteiger partial charge in [0.15, 0.2) is 0 Å². The molecule has 0 bridgehead atoms. The Hall–Kier alpha value is -1.23. The minimum absolute atomic E-state index is 0.0407. The lowest BCUT2D eigenvalue weighted by Crippen LogP contribution is -1.98. The number of halogens is 2. The van der Waals surface area contributed by atoms with Crippen molar-refractivity contribution in [2.45, 2.75) is 24.7 Å². The van der Waals surface area contributed by atoms with Gasteiger partial charge < -0.3 is 4.74 Å². The van der Waals surface area contributed by atoms with Crippen LogP contribution in [0, 0.1) is 6.92 Å². The third kappa shape index (κ3) is 4.65. The van der Waals surface area contributed by atoms with Crippen LogP contribution in [0.1, 0.15) is 12.0 Å². The number of methoxy groups -OCH3 is 1. The molecular formula is C12H14F2O2S. The van der Waals surface area contributed by atoms with E-state index in [1.807, 2.05) is 19.1 Å². The molecule has 2 nitrogen and oxygen atoms in total. The summed E-state index contributed by atoms with van der Waals surface area (Å²) in [5.74, 6) is 0.0407. The van der Waals surface area contributed by atoms with E-state index in [0.29, 0.717) is 4.90 Å². The molecule has 1 aromatic rings. The Balaban J connectivity index is 2.82. The number of allylic oxidation sites excluding steroid dienone is 1. The first-order chi connectivity index (χ1) is 8.02. The van der Waals surface area contributed by atoms with Crippen LogP contribution in [-0.4, -0.2) is 17.7 Å². The lowest BCUT2D eigenvalue weighted by atomic mass is 10.2. The molecule has 0 spiro atoms. The maximum Gasteiger partial charge on any atom is 0.245 e. The molecular weight excluding hydrogens is 246 g/mol. The van der Waals surface area contributed by atoms with Crippen LogP contribution >= 0.6 is 0 Å². The van der Waals surface area contributed by atoms with Crippen LogP contribution in [0.2, 0.25) is 0 Å². The van der Waals surface area contributed by atoms with E-state index in [1.165, 1.54) is 12.5 Å². The van der Waals surface area contributed by atoms with Crippen LogP contribution in [-0.2, 0) is 15.5 Å². The SMILES string of the molecule is CO/C(=C\[S@@](=O)c1ccc(C)cc1)CC(F)F. The summed E-state index contributed by atoms with van der Waals surface area (Å²) in [7, 11) is -0.166. The van der Waals surface area contributed by atoms with Gasteiger partial charge in [-0.2, -0.15) is 0 Å². The molecule has 94 valence electrons. The molecule has 17 heavy (non-hydrogen) atoms. The van der Waals surface area contributed by atoms with Crippen molar-refractivity contribution in [3.8, 4) is 0 Å². The van der Waals surface area contributed by atoms with Crippen molar-refractivity contribution in [1.82, 2.24) is 0 Å². The smallest absolute Gasteiger partial charge is 0.245 e. The molecule has 0 aromatic heterocycles. The zero-order valence-electron chi connectivity index (χ0n) is 9.65. The van der Waals surface area contributed by atoms with Gasteiger partial charge in [0, 0.05) is 10.3 Å². The monoisotopic (exact) mass is 260 g/mol. The summed E-state index contributed by atoms with van der Waals surface area (Å²) in [4.78, 5) is 0.569. The molecule has 0 amide bonds. The Kier molecular flexibility index (Phi) is 5.28. The van der Waals surface area contributed by atoms with E-state index in [0.717, 1.165) is 5.56 Å². The molecule has 0 saturated carbocycles. The van der Waals surface area contributed by atoms with Crippen LogP contribution in [0.3, 0.4) is 0 Å². The van der Waals surface area contributed by atoms with Gasteiger partial charge in [0.2, 0.25) is 6.43 Å². The summed E-state index contributed by atoms with van der Waals surface area (Å²) < 4.78 is 40.9. The first-order valence-electron chi connectivity index (χ1n) is 5.03. The van der Waals surface area contributed by atoms with E-state index in [9.17, 15) is 13.0 Å². The lowest BCUT2D eigenvalue weighted by Gasteiger charge is -2.05. The van der Waals surface area contributed by atoms with Crippen LogP contribution in [0.4, 0.5) is 8.78 Å². The fraction of sp³-hybridized carbons (Fsp3) is 0.333. The van der Waals surface area contributed by atoms with Crippen molar-refractivity contribution < 1.29 is 17.7 Å². The fourth-order valence-corrected chi connectivity index (χ4v) is 2.16. The predicted molar refractivity (Wildman–Crippen MR) is 63.3 cm³/mol. The van der Waals surface area contributed by atoms with Gasteiger partial charge in [-0.3, -0.25) is 0 Å². The second-order valence-corrected chi connectivity index (χ2v) is 4.80. The molecule has 0 saturated heterocycles. The van der Waals surface area contributed by atoms with Gasteiger partial charge in [-0.15, -0.1) is 0 Å². The highest BCUT2D eigenvalue weighted by molar-refractivity contribution is 7.88. The largest absolute Gasteiger partial charge is 0.500 e. The molecule has 0 heterocycles. The lowest BCUT2D eigenvalue weighted by molar-refractivity contribution is 0.123. The normalized spacial score (nSPS) is 13.8. The Bertz CT molecular complexity index is 413. The van der Waals surface area contributed by atoms with Crippen LogP contribution < -0.4 is 0 Å². The van der Waals surface area contributed by atoms with Crippen molar-refractivity contribution in [2.75, 3.05) is 7.11 Å². The number of alkyl halides is 2. The van der Waals surface area contributed by atoms with E-state index in [1.54, 1.807) is 12.1 Å². The molecule has 0 aliphatic heterocycles. The van der Waals surface area contributed by atoms with Gasteiger partial charge in [-0.05, 0) is 19.1 Å². The summed E-state index contributed by atoms with van der Waals surface area (Å²) >= 11 is 0. The van der Waals surface area contributed by atoms with Gasteiger partial charge in [-0.25, -0.2) is 13.0 Å².